The van der Waals surface area contributed by atoms with Crippen LogP contribution < -0.4 is 20.1 Å². The molecule has 1 aromatic carbocycles. The lowest BCUT2D eigenvalue weighted by molar-refractivity contribution is 0.0201. The zero-order chi connectivity index (χ0) is 19.2. The van der Waals surface area contributed by atoms with E-state index in [0.29, 0.717) is 49.8 Å². The average molecular weight is 379 g/mol. The number of rotatable bonds is 7. The van der Waals surface area contributed by atoms with E-state index >= 15 is 0 Å². The summed E-state index contributed by atoms with van der Waals surface area (Å²) in [6.45, 7) is 3.66. The van der Waals surface area contributed by atoms with Gasteiger partial charge in [0.1, 0.15) is 13.2 Å². The largest absolute Gasteiger partial charge is 0.486 e. The Morgan fingerprint density at radius 2 is 2.15 bits per heavy atom. The van der Waals surface area contributed by atoms with Crippen molar-refractivity contribution >= 4 is 11.6 Å². The van der Waals surface area contributed by atoms with Crippen LogP contribution in [0, 0.1) is 5.92 Å². The SMILES string of the molecule is CNc1cc2c(c(C(=O)NC[C@@H]3CCN(CCCO)C[C@H]3O)c1)OCCO2. The van der Waals surface area contributed by atoms with Crippen molar-refractivity contribution in [3.8, 4) is 11.5 Å². The highest BCUT2D eigenvalue weighted by Crippen LogP contribution is 2.37. The number of hydrogen-bond donors (Lipinski definition) is 4. The minimum absolute atomic E-state index is 0.0137. The van der Waals surface area contributed by atoms with Crippen LogP contribution >= 0.6 is 0 Å². The molecule has 0 saturated carbocycles. The van der Waals surface area contributed by atoms with Crippen LogP contribution in [0.15, 0.2) is 12.1 Å². The van der Waals surface area contributed by atoms with E-state index in [1.54, 1.807) is 13.1 Å². The minimum atomic E-state index is -0.491. The predicted octanol–water partition coefficient (Wildman–Crippen LogP) is 0.294. The van der Waals surface area contributed by atoms with Crippen LogP contribution in [0.5, 0.6) is 11.5 Å². The summed E-state index contributed by atoms with van der Waals surface area (Å²) in [6.07, 6.45) is 1.03. The average Bonchev–Trinajstić information content (AvgIpc) is 2.70. The first-order valence-corrected chi connectivity index (χ1v) is 9.53. The van der Waals surface area contributed by atoms with E-state index in [1.165, 1.54) is 0 Å². The molecule has 2 aliphatic rings. The van der Waals surface area contributed by atoms with E-state index in [9.17, 15) is 9.90 Å². The Kier molecular flexibility index (Phi) is 6.76. The third-order valence-electron chi connectivity index (χ3n) is 5.14. The first-order chi connectivity index (χ1) is 13.1. The van der Waals surface area contributed by atoms with Crippen molar-refractivity contribution in [2.75, 3.05) is 58.4 Å². The number of anilines is 1. The molecule has 0 unspecified atom stereocenters. The second-order valence-corrected chi connectivity index (χ2v) is 7.00. The fourth-order valence-electron chi connectivity index (χ4n) is 3.57. The number of piperidine rings is 1. The number of carbonyl (C=O) groups excluding carboxylic acids is 1. The number of benzene rings is 1. The zero-order valence-electron chi connectivity index (χ0n) is 15.7. The number of fused-ring (bicyclic) bond motifs is 1. The molecule has 1 amide bonds. The number of nitrogens with zero attached hydrogens (tertiary/aromatic N) is 1. The number of hydrogen-bond acceptors (Lipinski definition) is 7. The number of aliphatic hydroxyl groups excluding tert-OH is 2. The molecule has 2 heterocycles. The Labute approximate surface area is 159 Å². The second kappa shape index (κ2) is 9.25. The number of β-amino-alcohol motifs (C(OH)–C–C–N with tert-alkyl or cyclic N) is 1. The molecule has 4 N–H and O–H groups in total. The van der Waals surface area contributed by atoms with Gasteiger partial charge in [-0.2, -0.15) is 0 Å². The van der Waals surface area contributed by atoms with Gasteiger partial charge in [-0.1, -0.05) is 0 Å². The van der Waals surface area contributed by atoms with Crippen molar-refractivity contribution in [3.63, 3.8) is 0 Å². The van der Waals surface area contributed by atoms with Crippen LogP contribution in [0.2, 0.25) is 0 Å². The van der Waals surface area contributed by atoms with Crippen molar-refractivity contribution in [2.24, 2.45) is 5.92 Å². The van der Waals surface area contributed by atoms with Gasteiger partial charge in [-0.05, 0) is 25.5 Å². The highest BCUT2D eigenvalue weighted by molar-refractivity contribution is 5.99. The number of aliphatic hydroxyl groups is 2. The predicted molar refractivity (Wildman–Crippen MR) is 102 cm³/mol. The molecule has 1 saturated heterocycles. The molecule has 0 aliphatic carbocycles. The lowest BCUT2D eigenvalue weighted by Gasteiger charge is -2.36. The first kappa shape index (κ1) is 19.7. The monoisotopic (exact) mass is 379 g/mol. The first-order valence-electron chi connectivity index (χ1n) is 9.53. The zero-order valence-corrected chi connectivity index (χ0v) is 15.7. The van der Waals surface area contributed by atoms with Crippen LogP contribution in [0.25, 0.3) is 0 Å². The highest BCUT2D eigenvalue weighted by atomic mass is 16.6. The molecule has 1 fully saturated rings. The summed E-state index contributed by atoms with van der Waals surface area (Å²) in [5.41, 5.74) is 1.22. The van der Waals surface area contributed by atoms with Crippen LogP contribution in [-0.2, 0) is 0 Å². The van der Waals surface area contributed by atoms with Crippen LogP contribution in [0.4, 0.5) is 5.69 Å². The summed E-state index contributed by atoms with van der Waals surface area (Å²) in [5, 5.41) is 25.3. The Bertz CT molecular complexity index is 654. The number of amides is 1. The van der Waals surface area contributed by atoms with E-state index < -0.39 is 6.10 Å². The molecule has 0 bridgehead atoms. The normalized spacial score (nSPS) is 22.3. The minimum Gasteiger partial charge on any atom is -0.486 e. The molecular formula is C19H29N3O5. The molecule has 8 nitrogen and oxygen atoms in total. The molecule has 8 heteroatoms. The van der Waals surface area contributed by atoms with Gasteiger partial charge >= 0.3 is 0 Å². The molecular weight excluding hydrogens is 350 g/mol. The van der Waals surface area contributed by atoms with Gasteiger partial charge < -0.3 is 35.2 Å². The quantitative estimate of drug-likeness (QED) is 0.540. The van der Waals surface area contributed by atoms with Gasteiger partial charge in [-0.25, -0.2) is 0 Å². The summed E-state index contributed by atoms with van der Waals surface area (Å²) < 4.78 is 11.3. The summed E-state index contributed by atoms with van der Waals surface area (Å²) in [7, 11) is 1.79. The van der Waals surface area contributed by atoms with E-state index in [1.807, 2.05) is 6.07 Å². The van der Waals surface area contributed by atoms with Gasteiger partial charge in [-0.15, -0.1) is 0 Å². The molecule has 3 rings (SSSR count). The van der Waals surface area contributed by atoms with Gasteiger partial charge in [0.05, 0.1) is 11.7 Å². The number of carbonyl (C=O) groups is 1. The maximum Gasteiger partial charge on any atom is 0.255 e. The van der Waals surface area contributed by atoms with Crippen LogP contribution in [-0.4, -0.2) is 80.2 Å². The summed E-state index contributed by atoms with van der Waals surface area (Å²) in [6, 6.07) is 3.56. The summed E-state index contributed by atoms with van der Waals surface area (Å²) in [5.74, 6) is 0.816. The lowest BCUT2D eigenvalue weighted by Crippen LogP contribution is -2.48. The van der Waals surface area contributed by atoms with Crippen molar-refractivity contribution in [1.29, 1.82) is 0 Å². The third-order valence-corrected chi connectivity index (χ3v) is 5.14. The van der Waals surface area contributed by atoms with E-state index in [4.69, 9.17) is 14.6 Å². The summed E-state index contributed by atoms with van der Waals surface area (Å²) in [4.78, 5) is 14.9. The third kappa shape index (κ3) is 4.82. The maximum absolute atomic E-state index is 12.7. The Morgan fingerprint density at radius 3 is 2.89 bits per heavy atom. The van der Waals surface area contributed by atoms with Crippen molar-refractivity contribution < 1.29 is 24.5 Å². The van der Waals surface area contributed by atoms with Crippen LogP contribution in [0.1, 0.15) is 23.2 Å². The number of nitrogens with one attached hydrogen (secondary N) is 2. The summed E-state index contributed by atoms with van der Waals surface area (Å²) >= 11 is 0. The standard InChI is InChI=1S/C19H29N3O5/c1-20-14-9-15(18-17(10-14)26-7-8-27-18)19(25)21-11-13-3-5-22(4-2-6-23)12-16(13)24/h9-10,13,16,20,23-24H,2-8,11-12H2,1H3,(H,21,25)/t13-,16+/m0/s1. The fraction of sp³-hybridized carbons (Fsp3) is 0.632. The van der Waals surface area contributed by atoms with Gasteiger partial charge in [0, 0.05) is 51.0 Å². The van der Waals surface area contributed by atoms with Crippen molar-refractivity contribution in [3.05, 3.63) is 17.7 Å². The Hall–Kier alpha value is -2.03. The fourth-order valence-corrected chi connectivity index (χ4v) is 3.57. The van der Waals surface area contributed by atoms with Gasteiger partial charge in [0.25, 0.3) is 5.91 Å². The molecule has 150 valence electrons. The van der Waals surface area contributed by atoms with Gasteiger partial charge in [0.2, 0.25) is 0 Å². The number of ether oxygens (including phenoxy) is 2. The molecule has 0 spiro atoms. The molecule has 1 aromatic rings. The van der Waals surface area contributed by atoms with Gasteiger partial charge in [-0.3, -0.25) is 4.79 Å². The smallest absolute Gasteiger partial charge is 0.255 e. The molecule has 2 aliphatic heterocycles. The second-order valence-electron chi connectivity index (χ2n) is 7.00. The molecule has 27 heavy (non-hydrogen) atoms. The van der Waals surface area contributed by atoms with E-state index in [2.05, 4.69) is 15.5 Å². The Balaban J connectivity index is 1.60. The topological polar surface area (TPSA) is 103 Å². The van der Waals surface area contributed by atoms with Crippen molar-refractivity contribution in [2.45, 2.75) is 18.9 Å². The molecule has 0 aromatic heterocycles. The van der Waals surface area contributed by atoms with Gasteiger partial charge in [0.15, 0.2) is 11.5 Å². The van der Waals surface area contributed by atoms with Crippen LogP contribution in [0.3, 0.4) is 0 Å². The van der Waals surface area contributed by atoms with Crippen molar-refractivity contribution in [1.82, 2.24) is 10.2 Å². The molecule has 0 radical (unpaired) electrons. The van der Waals surface area contributed by atoms with E-state index in [-0.39, 0.29) is 18.4 Å². The number of likely N-dealkylation sites (tertiary alicyclic amines) is 1. The Morgan fingerprint density at radius 1 is 1.33 bits per heavy atom. The molecule has 2 atom stereocenters. The van der Waals surface area contributed by atoms with E-state index in [0.717, 1.165) is 25.2 Å². The maximum atomic E-state index is 12.7. The highest BCUT2D eigenvalue weighted by Gasteiger charge is 2.28. The lowest BCUT2D eigenvalue weighted by atomic mass is 9.93.